The summed E-state index contributed by atoms with van der Waals surface area (Å²) in [7, 11) is 0. The number of rotatable bonds is 9. The lowest BCUT2D eigenvalue weighted by Gasteiger charge is -2.18. The van der Waals surface area contributed by atoms with Crippen LogP contribution in [0.15, 0.2) is 24.3 Å². The highest BCUT2D eigenvalue weighted by Crippen LogP contribution is 2.21. The largest absolute Gasteiger partial charge is 0.459 e. The normalized spacial score (nSPS) is 13.7. The first-order valence-corrected chi connectivity index (χ1v) is 8.41. The molecule has 118 valence electrons. The Bertz CT molecular complexity index is 431. The van der Waals surface area contributed by atoms with E-state index in [0.717, 1.165) is 18.8 Å². The number of ether oxygens (including phenoxy) is 1. The van der Waals surface area contributed by atoms with Crippen molar-refractivity contribution in [1.29, 1.82) is 0 Å². The maximum absolute atomic E-state index is 12.1. The smallest absolute Gasteiger partial charge is 0.339 e. The molecule has 0 fully saturated rings. The quantitative estimate of drug-likeness (QED) is 0.532. The fourth-order valence-electron chi connectivity index (χ4n) is 2.45. The lowest BCUT2D eigenvalue weighted by molar-refractivity contribution is 0.0310. The summed E-state index contributed by atoms with van der Waals surface area (Å²) in [5.41, 5.74) is 0.448. The van der Waals surface area contributed by atoms with Gasteiger partial charge in [0.15, 0.2) is 0 Å². The molecule has 0 spiro atoms. The second kappa shape index (κ2) is 9.83. The highest BCUT2D eigenvalue weighted by Gasteiger charge is 2.16. The molecule has 0 aliphatic carbocycles. The van der Waals surface area contributed by atoms with Crippen molar-refractivity contribution in [1.82, 2.24) is 0 Å². The van der Waals surface area contributed by atoms with E-state index in [0.29, 0.717) is 10.6 Å². The Kier molecular flexibility index (Phi) is 8.44. The van der Waals surface area contributed by atoms with Crippen molar-refractivity contribution >= 4 is 17.6 Å². The molecular formula is C18H27ClO2. The SMILES string of the molecule is CCCC[C@@H](CC)CC[C@H](C)OC(=O)c1ccccc1Cl. The van der Waals surface area contributed by atoms with Crippen LogP contribution in [0, 0.1) is 5.92 Å². The summed E-state index contributed by atoms with van der Waals surface area (Å²) in [6.07, 6.45) is 6.97. The number of hydrogen-bond acceptors (Lipinski definition) is 2. The standard InChI is InChI=1S/C18H27ClO2/c1-4-6-9-15(5-2)13-12-14(3)21-18(20)16-10-7-8-11-17(16)19/h7-8,10-11,14-15H,4-6,9,12-13H2,1-3H3/t14-,15+/m0/s1. The molecule has 0 N–H and O–H groups in total. The maximum Gasteiger partial charge on any atom is 0.339 e. The average molecular weight is 311 g/mol. The van der Waals surface area contributed by atoms with Crippen LogP contribution < -0.4 is 0 Å². The van der Waals surface area contributed by atoms with Gasteiger partial charge in [-0.1, -0.05) is 63.3 Å². The lowest BCUT2D eigenvalue weighted by Crippen LogP contribution is -2.16. The van der Waals surface area contributed by atoms with E-state index >= 15 is 0 Å². The summed E-state index contributed by atoms with van der Waals surface area (Å²) in [5.74, 6) is 0.418. The summed E-state index contributed by atoms with van der Waals surface area (Å²) in [5, 5.41) is 0.448. The second-order valence-electron chi connectivity index (χ2n) is 5.69. The second-order valence-corrected chi connectivity index (χ2v) is 6.10. The number of carbonyl (C=O) groups excluding carboxylic acids is 1. The van der Waals surface area contributed by atoms with E-state index in [9.17, 15) is 4.79 Å². The van der Waals surface area contributed by atoms with Crippen molar-refractivity contribution in [3.05, 3.63) is 34.9 Å². The third kappa shape index (κ3) is 6.52. The molecule has 1 aromatic carbocycles. The van der Waals surface area contributed by atoms with Gasteiger partial charge in [0, 0.05) is 0 Å². The van der Waals surface area contributed by atoms with Gasteiger partial charge in [-0.2, -0.15) is 0 Å². The Balaban J connectivity index is 2.41. The Morgan fingerprint density at radius 1 is 1.19 bits per heavy atom. The Morgan fingerprint density at radius 2 is 1.90 bits per heavy atom. The molecule has 1 aromatic rings. The molecule has 0 amide bonds. The number of carbonyl (C=O) groups is 1. The molecule has 0 heterocycles. The fraction of sp³-hybridized carbons (Fsp3) is 0.611. The first-order chi connectivity index (χ1) is 10.1. The number of halogens is 1. The molecule has 0 unspecified atom stereocenters. The molecule has 2 nitrogen and oxygen atoms in total. The van der Waals surface area contributed by atoms with Gasteiger partial charge in [-0.15, -0.1) is 0 Å². The molecule has 0 aliphatic rings. The van der Waals surface area contributed by atoms with Gasteiger partial charge in [-0.25, -0.2) is 4.79 Å². The summed E-state index contributed by atoms with van der Waals surface area (Å²) >= 11 is 6.01. The summed E-state index contributed by atoms with van der Waals surface area (Å²) in [4.78, 5) is 12.1. The Morgan fingerprint density at radius 3 is 2.52 bits per heavy atom. The first-order valence-electron chi connectivity index (χ1n) is 8.03. The van der Waals surface area contributed by atoms with Crippen molar-refractivity contribution < 1.29 is 9.53 Å². The van der Waals surface area contributed by atoms with Crippen LogP contribution in [-0.2, 0) is 4.74 Å². The van der Waals surface area contributed by atoms with Gasteiger partial charge < -0.3 is 4.74 Å². The topological polar surface area (TPSA) is 26.3 Å². The highest BCUT2D eigenvalue weighted by atomic mass is 35.5. The number of benzene rings is 1. The summed E-state index contributed by atoms with van der Waals surface area (Å²) in [6, 6.07) is 7.02. The average Bonchev–Trinajstić information content (AvgIpc) is 2.47. The van der Waals surface area contributed by atoms with Crippen LogP contribution in [0.2, 0.25) is 5.02 Å². The van der Waals surface area contributed by atoms with Gasteiger partial charge in [0.25, 0.3) is 0 Å². The molecular weight excluding hydrogens is 284 g/mol. The maximum atomic E-state index is 12.1. The van der Waals surface area contributed by atoms with Crippen molar-refractivity contribution in [2.45, 2.75) is 65.4 Å². The van der Waals surface area contributed by atoms with Crippen LogP contribution in [0.3, 0.4) is 0 Å². The van der Waals surface area contributed by atoms with E-state index in [1.165, 1.54) is 25.7 Å². The molecule has 0 radical (unpaired) electrons. The molecule has 0 aliphatic heterocycles. The van der Waals surface area contributed by atoms with E-state index < -0.39 is 0 Å². The van der Waals surface area contributed by atoms with E-state index in [2.05, 4.69) is 13.8 Å². The van der Waals surface area contributed by atoms with E-state index in [4.69, 9.17) is 16.3 Å². The molecule has 21 heavy (non-hydrogen) atoms. The molecule has 0 saturated carbocycles. The van der Waals surface area contributed by atoms with Crippen molar-refractivity contribution in [3.63, 3.8) is 0 Å². The summed E-state index contributed by atoms with van der Waals surface area (Å²) < 4.78 is 5.49. The van der Waals surface area contributed by atoms with Crippen molar-refractivity contribution in [2.75, 3.05) is 0 Å². The predicted octanol–water partition coefficient (Wildman–Crippen LogP) is 5.88. The number of esters is 1. The zero-order chi connectivity index (χ0) is 15.7. The minimum Gasteiger partial charge on any atom is -0.459 e. The van der Waals surface area contributed by atoms with E-state index in [1.807, 2.05) is 13.0 Å². The van der Waals surface area contributed by atoms with Crippen LogP contribution in [0.25, 0.3) is 0 Å². The first kappa shape index (κ1) is 18.0. The van der Waals surface area contributed by atoms with E-state index in [1.54, 1.807) is 18.2 Å². The lowest BCUT2D eigenvalue weighted by atomic mass is 9.93. The molecule has 0 bridgehead atoms. The molecule has 1 rings (SSSR count). The molecule has 2 atom stereocenters. The van der Waals surface area contributed by atoms with Crippen molar-refractivity contribution in [3.8, 4) is 0 Å². The Hall–Kier alpha value is -1.02. The van der Waals surface area contributed by atoms with E-state index in [-0.39, 0.29) is 12.1 Å². The molecule has 3 heteroatoms. The fourth-order valence-corrected chi connectivity index (χ4v) is 2.66. The highest BCUT2D eigenvalue weighted by molar-refractivity contribution is 6.33. The number of unbranched alkanes of at least 4 members (excludes halogenated alkanes) is 1. The van der Waals surface area contributed by atoms with Gasteiger partial charge in [-0.05, 0) is 37.8 Å². The number of hydrogen-bond donors (Lipinski definition) is 0. The third-order valence-corrected chi connectivity index (χ3v) is 4.26. The van der Waals surface area contributed by atoms with Crippen LogP contribution >= 0.6 is 11.6 Å². The third-order valence-electron chi connectivity index (χ3n) is 3.93. The molecule has 0 aromatic heterocycles. The zero-order valence-electron chi connectivity index (χ0n) is 13.4. The predicted molar refractivity (Wildman–Crippen MR) is 88.9 cm³/mol. The van der Waals surface area contributed by atoms with Gasteiger partial charge in [0.2, 0.25) is 0 Å². The van der Waals surface area contributed by atoms with Gasteiger partial charge in [-0.3, -0.25) is 0 Å². The van der Waals surface area contributed by atoms with Gasteiger partial charge >= 0.3 is 5.97 Å². The Labute approximate surface area is 133 Å². The van der Waals surface area contributed by atoms with Crippen molar-refractivity contribution in [2.24, 2.45) is 5.92 Å². The van der Waals surface area contributed by atoms with Crippen LogP contribution in [0.4, 0.5) is 0 Å². The van der Waals surface area contributed by atoms with Crippen LogP contribution in [0.1, 0.15) is 69.7 Å². The van der Waals surface area contributed by atoms with Crippen LogP contribution in [0.5, 0.6) is 0 Å². The van der Waals surface area contributed by atoms with Crippen LogP contribution in [-0.4, -0.2) is 12.1 Å². The monoisotopic (exact) mass is 310 g/mol. The zero-order valence-corrected chi connectivity index (χ0v) is 14.2. The molecule has 0 saturated heterocycles. The minimum absolute atomic E-state index is 0.0653. The summed E-state index contributed by atoms with van der Waals surface area (Å²) in [6.45, 7) is 6.42. The van der Waals surface area contributed by atoms with Gasteiger partial charge in [0.05, 0.1) is 16.7 Å². The van der Waals surface area contributed by atoms with Gasteiger partial charge in [0.1, 0.15) is 0 Å². The minimum atomic E-state index is -0.324.